The molecular weight excluding hydrogens is 434 g/mol. The number of nitrogens with zero attached hydrogens (tertiary/aromatic N) is 1. The number of hydrogen-bond acceptors (Lipinski definition) is 3. The fraction of sp³-hybridized carbons (Fsp3) is 0.516. The molecule has 1 aliphatic heterocycles. The highest BCUT2D eigenvalue weighted by atomic mass is 16.5. The molecule has 1 N–H and O–H groups in total. The van der Waals surface area contributed by atoms with Crippen LogP contribution in [0.15, 0.2) is 60.7 Å². The topological polar surface area (TPSA) is 49.8 Å². The van der Waals surface area contributed by atoms with Crippen LogP contribution in [0.4, 0.5) is 0 Å². The summed E-state index contributed by atoms with van der Waals surface area (Å²) in [6, 6.07) is 3.61. The second-order valence-corrected chi connectivity index (χ2v) is 9.22. The number of carbonyl (C=O) groups is 1. The van der Waals surface area contributed by atoms with Gasteiger partial charge < -0.3 is 14.7 Å². The van der Waals surface area contributed by atoms with Gasteiger partial charge in [0.1, 0.15) is 0 Å². The lowest BCUT2D eigenvalue weighted by Crippen LogP contribution is -2.38. The summed E-state index contributed by atoms with van der Waals surface area (Å²) in [6.07, 6.45) is 29.0. The normalized spacial score (nSPS) is 16.2. The molecule has 35 heavy (non-hydrogen) atoms. The molecule has 1 heterocycles. The van der Waals surface area contributed by atoms with Gasteiger partial charge in [0.05, 0.1) is 13.2 Å². The third kappa shape index (κ3) is 10.2. The van der Waals surface area contributed by atoms with Crippen LogP contribution in [0.2, 0.25) is 0 Å². The standard InChI is InChI=1S/C31H45NO3/c1-4-5-6-7-8-9-10-11-12-13-14-15-16-17-18-19-20-21-31(34)32-23-22-27-24-30(35-3)29(33)25-28(27)26(32)2/h8-9,11-12,14-15,17-18,24-26,33H,4-7,10,13,16,19-23H2,1-3H3/b9-8+,12-11+,15-14+,18-17+. The van der Waals surface area contributed by atoms with Crippen LogP contribution < -0.4 is 4.74 Å². The van der Waals surface area contributed by atoms with Gasteiger partial charge in [0, 0.05) is 13.0 Å². The molecule has 0 saturated carbocycles. The molecule has 1 aromatic rings. The first-order chi connectivity index (χ1) is 17.1. The van der Waals surface area contributed by atoms with E-state index in [0.29, 0.717) is 18.7 Å². The minimum Gasteiger partial charge on any atom is -0.504 e. The third-order valence-corrected chi connectivity index (χ3v) is 6.52. The van der Waals surface area contributed by atoms with E-state index < -0.39 is 0 Å². The maximum absolute atomic E-state index is 12.8. The molecule has 1 amide bonds. The zero-order valence-corrected chi connectivity index (χ0v) is 22.0. The van der Waals surface area contributed by atoms with E-state index in [1.54, 1.807) is 13.2 Å². The number of ether oxygens (including phenoxy) is 1. The number of allylic oxidation sites excluding steroid dienone is 8. The second kappa shape index (κ2) is 16.8. The van der Waals surface area contributed by atoms with Crippen LogP contribution in [-0.4, -0.2) is 29.6 Å². The molecule has 0 aliphatic carbocycles. The zero-order chi connectivity index (χ0) is 25.3. The van der Waals surface area contributed by atoms with Gasteiger partial charge in [-0.25, -0.2) is 0 Å². The molecule has 0 spiro atoms. The van der Waals surface area contributed by atoms with Crippen LogP contribution in [0.25, 0.3) is 0 Å². The highest BCUT2D eigenvalue weighted by molar-refractivity contribution is 5.77. The Hall–Kier alpha value is -2.75. The predicted molar refractivity (Wildman–Crippen MR) is 147 cm³/mol. The highest BCUT2D eigenvalue weighted by Crippen LogP contribution is 2.37. The number of phenols is 1. The van der Waals surface area contributed by atoms with Gasteiger partial charge in [0.15, 0.2) is 11.5 Å². The van der Waals surface area contributed by atoms with Crippen molar-refractivity contribution in [2.24, 2.45) is 0 Å². The quantitative estimate of drug-likeness (QED) is 0.205. The fourth-order valence-corrected chi connectivity index (χ4v) is 4.41. The lowest BCUT2D eigenvalue weighted by molar-refractivity contribution is -0.133. The molecule has 2 rings (SSSR count). The molecule has 1 unspecified atom stereocenters. The van der Waals surface area contributed by atoms with Gasteiger partial charge >= 0.3 is 0 Å². The largest absolute Gasteiger partial charge is 0.504 e. The summed E-state index contributed by atoms with van der Waals surface area (Å²) in [4.78, 5) is 14.7. The van der Waals surface area contributed by atoms with Crippen molar-refractivity contribution in [2.45, 2.75) is 90.5 Å². The number of rotatable bonds is 15. The monoisotopic (exact) mass is 479 g/mol. The van der Waals surface area contributed by atoms with Gasteiger partial charge in [-0.05, 0) is 81.5 Å². The predicted octanol–water partition coefficient (Wildman–Crippen LogP) is 7.99. The van der Waals surface area contributed by atoms with Crippen molar-refractivity contribution in [2.75, 3.05) is 13.7 Å². The van der Waals surface area contributed by atoms with Crippen molar-refractivity contribution in [3.05, 3.63) is 71.9 Å². The van der Waals surface area contributed by atoms with Crippen molar-refractivity contribution in [3.8, 4) is 11.5 Å². The van der Waals surface area contributed by atoms with Crippen LogP contribution in [0.3, 0.4) is 0 Å². The fourth-order valence-electron chi connectivity index (χ4n) is 4.41. The van der Waals surface area contributed by atoms with Crippen molar-refractivity contribution < 1.29 is 14.6 Å². The number of carbonyl (C=O) groups excluding carboxylic acids is 1. The smallest absolute Gasteiger partial charge is 0.223 e. The minimum absolute atomic E-state index is 0.0281. The lowest BCUT2D eigenvalue weighted by atomic mass is 9.92. The van der Waals surface area contributed by atoms with Crippen LogP contribution in [-0.2, 0) is 11.2 Å². The van der Waals surface area contributed by atoms with Crippen LogP contribution in [0.5, 0.6) is 11.5 Å². The summed E-state index contributed by atoms with van der Waals surface area (Å²) < 4.78 is 5.22. The number of hydrogen-bond donors (Lipinski definition) is 1. The highest BCUT2D eigenvalue weighted by Gasteiger charge is 2.28. The van der Waals surface area contributed by atoms with Crippen molar-refractivity contribution >= 4 is 5.91 Å². The van der Waals surface area contributed by atoms with E-state index >= 15 is 0 Å². The average Bonchev–Trinajstić information content (AvgIpc) is 2.86. The Kier molecular flexibility index (Phi) is 13.7. The van der Waals surface area contributed by atoms with Crippen molar-refractivity contribution in [3.63, 3.8) is 0 Å². The number of amides is 1. The number of benzene rings is 1. The number of phenolic OH excluding ortho intramolecular Hbond substituents is 1. The number of methoxy groups -OCH3 is 1. The SMILES string of the molecule is CCCCC/C=C/C/C=C/C/C=C/C/C=C/CCCC(=O)N1CCc2cc(OC)c(O)cc2C1C. The molecule has 0 radical (unpaired) electrons. The Bertz CT molecular complexity index is 881. The first-order valence-electron chi connectivity index (χ1n) is 13.4. The molecule has 4 nitrogen and oxygen atoms in total. The van der Waals surface area contributed by atoms with E-state index in [1.165, 1.54) is 25.7 Å². The molecule has 192 valence electrons. The molecule has 0 aromatic heterocycles. The summed E-state index contributed by atoms with van der Waals surface area (Å²) in [7, 11) is 1.56. The van der Waals surface area contributed by atoms with Crippen LogP contribution in [0, 0.1) is 0 Å². The lowest BCUT2D eigenvalue weighted by Gasteiger charge is -2.35. The van der Waals surface area contributed by atoms with Gasteiger partial charge in [-0.3, -0.25) is 4.79 Å². The molecule has 0 saturated heterocycles. The van der Waals surface area contributed by atoms with Gasteiger partial charge in [0.25, 0.3) is 0 Å². The maximum atomic E-state index is 12.8. The van der Waals surface area contributed by atoms with E-state index in [-0.39, 0.29) is 17.7 Å². The first kappa shape index (κ1) is 28.5. The van der Waals surface area contributed by atoms with Crippen LogP contribution in [0.1, 0.15) is 95.2 Å². The number of unbranched alkanes of at least 4 members (excludes halogenated alkanes) is 4. The average molecular weight is 480 g/mol. The summed E-state index contributed by atoms with van der Waals surface area (Å²) in [5.74, 6) is 0.817. The van der Waals surface area contributed by atoms with Gasteiger partial charge in [-0.15, -0.1) is 0 Å². The Balaban J connectivity index is 1.59. The molecule has 1 aliphatic rings. The minimum atomic E-state index is -0.0281. The Morgan fingerprint density at radius 1 is 0.971 bits per heavy atom. The summed E-state index contributed by atoms with van der Waals surface area (Å²) in [5.41, 5.74) is 2.17. The summed E-state index contributed by atoms with van der Waals surface area (Å²) in [6.45, 7) is 4.99. The molecular formula is C31H45NO3. The van der Waals surface area contributed by atoms with E-state index in [4.69, 9.17) is 4.74 Å². The molecule has 0 fully saturated rings. The van der Waals surface area contributed by atoms with E-state index in [2.05, 4.69) is 55.5 Å². The van der Waals surface area contributed by atoms with Gasteiger partial charge in [-0.2, -0.15) is 0 Å². The maximum Gasteiger partial charge on any atom is 0.223 e. The Morgan fingerprint density at radius 3 is 2.17 bits per heavy atom. The summed E-state index contributed by atoms with van der Waals surface area (Å²) >= 11 is 0. The molecule has 1 atom stereocenters. The van der Waals surface area contributed by atoms with Crippen LogP contribution >= 0.6 is 0 Å². The molecule has 0 bridgehead atoms. The number of fused-ring (bicyclic) bond motifs is 1. The van der Waals surface area contributed by atoms with Gasteiger partial charge in [-0.1, -0.05) is 68.4 Å². The van der Waals surface area contributed by atoms with Crippen molar-refractivity contribution in [1.29, 1.82) is 0 Å². The Labute approximate surface area is 213 Å². The van der Waals surface area contributed by atoms with E-state index in [0.717, 1.165) is 49.7 Å². The first-order valence-corrected chi connectivity index (χ1v) is 13.4. The summed E-state index contributed by atoms with van der Waals surface area (Å²) in [5, 5.41) is 10.1. The van der Waals surface area contributed by atoms with Gasteiger partial charge in [0.2, 0.25) is 5.91 Å². The number of aromatic hydroxyl groups is 1. The third-order valence-electron chi connectivity index (χ3n) is 6.52. The van der Waals surface area contributed by atoms with E-state index in [1.807, 2.05) is 17.9 Å². The molecule has 4 heteroatoms. The van der Waals surface area contributed by atoms with E-state index in [9.17, 15) is 9.90 Å². The van der Waals surface area contributed by atoms with Crippen molar-refractivity contribution in [1.82, 2.24) is 4.90 Å². The zero-order valence-electron chi connectivity index (χ0n) is 22.0. The Morgan fingerprint density at radius 2 is 1.57 bits per heavy atom. The second-order valence-electron chi connectivity index (χ2n) is 9.22. The molecule has 1 aromatic carbocycles.